The summed E-state index contributed by atoms with van der Waals surface area (Å²) in [6.07, 6.45) is -1.17. The van der Waals surface area contributed by atoms with Crippen LogP contribution in [0.2, 0.25) is 0 Å². The second-order valence-corrected chi connectivity index (χ2v) is 10.2. The van der Waals surface area contributed by atoms with Gasteiger partial charge in [-0.05, 0) is 56.5 Å². The molecule has 4 aromatic rings. The van der Waals surface area contributed by atoms with E-state index in [1.807, 2.05) is 18.2 Å². The normalized spacial score (nSPS) is 13.9. The van der Waals surface area contributed by atoms with E-state index in [9.17, 15) is 18.0 Å². The summed E-state index contributed by atoms with van der Waals surface area (Å²) in [5, 5.41) is 11.1. The third kappa shape index (κ3) is 5.61. The maximum Gasteiger partial charge on any atom is 0.416 e. The number of alkyl halides is 3. The van der Waals surface area contributed by atoms with Crippen molar-refractivity contribution in [2.45, 2.75) is 52.4 Å². The summed E-state index contributed by atoms with van der Waals surface area (Å²) in [5.74, 6) is -0.166. The summed E-state index contributed by atoms with van der Waals surface area (Å²) in [6.45, 7) is 7.06. The SMILES string of the molecule is CCC(COC(=O)C(C)(C)C)(Nc1nc2c(Cn3ccoc3=N)cccc2[nH]1)c1cccc(C(F)(F)F)c1. The van der Waals surface area contributed by atoms with Gasteiger partial charge in [-0.15, -0.1) is 0 Å². The highest BCUT2D eigenvalue weighted by Crippen LogP contribution is 2.36. The van der Waals surface area contributed by atoms with Crippen LogP contribution in [0.1, 0.15) is 50.8 Å². The monoisotopic (exact) mass is 529 g/mol. The van der Waals surface area contributed by atoms with Gasteiger partial charge >= 0.3 is 12.1 Å². The van der Waals surface area contributed by atoms with E-state index >= 15 is 0 Å². The molecular weight excluding hydrogens is 499 g/mol. The second kappa shape index (κ2) is 10.0. The molecule has 38 heavy (non-hydrogen) atoms. The van der Waals surface area contributed by atoms with E-state index in [1.54, 1.807) is 44.5 Å². The number of carbonyl (C=O) groups excluding carboxylic acids is 1. The number of nitrogens with one attached hydrogen (secondary N) is 3. The Kier molecular flexibility index (Phi) is 7.14. The first-order valence-corrected chi connectivity index (χ1v) is 12.1. The summed E-state index contributed by atoms with van der Waals surface area (Å²) in [7, 11) is 0. The molecule has 2 aromatic carbocycles. The molecule has 2 aromatic heterocycles. The first-order chi connectivity index (χ1) is 17.8. The Morgan fingerprint density at radius 2 is 1.87 bits per heavy atom. The highest BCUT2D eigenvalue weighted by atomic mass is 19.4. The zero-order valence-corrected chi connectivity index (χ0v) is 21.6. The van der Waals surface area contributed by atoms with Crippen molar-refractivity contribution in [2.75, 3.05) is 11.9 Å². The molecule has 0 saturated heterocycles. The van der Waals surface area contributed by atoms with Crippen LogP contribution in [0.15, 0.2) is 59.3 Å². The van der Waals surface area contributed by atoms with Crippen LogP contribution in [0, 0.1) is 10.8 Å². The van der Waals surface area contributed by atoms with Crippen LogP contribution in [0.3, 0.4) is 0 Å². The van der Waals surface area contributed by atoms with Crippen LogP contribution < -0.4 is 11.0 Å². The molecule has 0 amide bonds. The summed E-state index contributed by atoms with van der Waals surface area (Å²) >= 11 is 0. The van der Waals surface area contributed by atoms with Gasteiger partial charge in [0, 0.05) is 6.20 Å². The topological polar surface area (TPSA) is 109 Å². The van der Waals surface area contributed by atoms with Crippen molar-refractivity contribution in [3.8, 4) is 0 Å². The molecule has 1 atom stereocenters. The van der Waals surface area contributed by atoms with Crippen molar-refractivity contribution < 1.29 is 27.1 Å². The molecule has 0 aliphatic rings. The predicted octanol–water partition coefficient (Wildman–Crippen LogP) is 5.81. The van der Waals surface area contributed by atoms with E-state index in [0.29, 0.717) is 35.5 Å². The average molecular weight is 530 g/mol. The highest BCUT2D eigenvalue weighted by Gasteiger charge is 2.38. The molecule has 2 heterocycles. The number of aromatic amines is 1. The third-order valence-corrected chi connectivity index (χ3v) is 6.38. The number of aromatic nitrogens is 3. The number of oxazole rings is 1. The van der Waals surface area contributed by atoms with E-state index in [1.165, 1.54) is 12.3 Å². The van der Waals surface area contributed by atoms with Gasteiger partial charge in [0.15, 0.2) is 0 Å². The number of nitrogens with zero attached hydrogens (tertiary/aromatic N) is 2. The Morgan fingerprint density at radius 1 is 1.16 bits per heavy atom. The van der Waals surface area contributed by atoms with E-state index in [-0.39, 0.29) is 12.3 Å². The zero-order chi connectivity index (χ0) is 27.7. The number of halogens is 3. The van der Waals surface area contributed by atoms with Gasteiger partial charge in [-0.2, -0.15) is 13.2 Å². The van der Waals surface area contributed by atoms with Crippen molar-refractivity contribution in [1.82, 2.24) is 14.5 Å². The summed E-state index contributed by atoms with van der Waals surface area (Å²) in [5.41, 5.74) is -0.354. The van der Waals surface area contributed by atoms with Crippen LogP contribution in [0.4, 0.5) is 19.1 Å². The number of anilines is 1. The van der Waals surface area contributed by atoms with Crippen LogP contribution in [-0.2, 0) is 27.8 Å². The minimum atomic E-state index is -4.53. The molecule has 0 saturated carbocycles. The number of hydrogen-bond donors (Lipinski definition) is 3. The Morgan fingerprint density at radius 3 is 2.50 bits per heavy atom. The number of fused-ring (bicyclic) bond motifs is 1. The van der Waals surface area contributed by atoms with Crippen molar-refractivity contribution >= 4 is 23.0 Å². The number of carbonyl (C=O) groups is 1. The molecule has 8 nitrogen and oxygen atoms in total. The van der Waals surface area contributed by atoms with Gasteiger partial charge in [0.05, 0.1) is 34.1 Å². The minimum absolute atomic E-state index is 0.00824. The summed E-state index contributed by atoms with van der Waals surface area (Å²) in [6, 6.07) is 10.5. The smallest absolute Gasteiger partial charge is 0.416 e. The number of hydrogen-bond acceptors (Lipinski definition) is 6. The molecule has 1 unspecified atom stereocenters. The first kappa shape index (κ1) is 27.0. The van der Waals surface area contributed by atoms with Gasteiger partial charge in [0.2, 0.25) is 5.95 Å². The fourth-order valence-corrected chi connectivity index (χ4v) is 4.10. The first-order valence-electron chi connectivity index (χ1n) is 12.1. The van der Waals surface area contributed by atoms with Gasteiger partial charge in [-0.3, -0.25) is 14.8 Å². The lowest BCUT2D eigenvalue weighted by Crippen LogP contribution is -2.42. The predicted molar refractivity (Wildman–Crippen MR) is 135 cm³/mol. The maximum atomic E-state index is 13.6. The number of ether oxygens (including phenoxy) is 1. The zero-order valence-electron chi connectivity index (χ0n) is 21.6. The number of rotatable bonds is 8. The average Bonchev–Trinajstić information content (AvgIpc) is 3.46. The summed E-state index contributed by atoms with van der Waals surface area (Å²) in [4.78, 5) is 20.5. The third-order valence-electron chi connectivity index (χ3n) is 6.38. The lowest BCUT2D eigenvalue weighted by atomic mass is 9.86. The fraction of sp³-hybridized carbons (Fsp3) is 0.370. The molecule has 202 valence electrons. The number of esters is 1. The van der Waals surface area contributed by atoms with Gasteiger partial charge in [-0.1, -0.05) is 31.2 Å². The molecule has 0 bridgehead atoms. The molecule has 0 radical (unpaired) electrons. The van der Waals surface area contributed by atoms with Crippen molar-refractivity contribution in [3.63, 3.8) is 0 Å². The quantitative estimate of drug-likeness (QED) is 0.250. The van der Waals surface area contributed by atoms with E-state index in [0.717, 1.165) is 17.7 Å². The lowest BCUT2D eigenvalue weighted by molar-refractivity contribution is -0.154. The Balaban J connectivity index is 1.75. The minimum Gasteiger partial charge on any atom is -0.462 e. The molecule has 3 N–H and O–H groups in total. The van der Waals surface area contributed by atoms with E-state index < -0.39 is 28.7 Å². The van der Waals surface area contributed by atoms with Crippen LogP contribution in [-0.4, -0.2) is 27.1 Å². The second-order valence-electron chi connectivity index (χ2n) is 10.2. The van der Waals surface area contributed by atoms with Crippen LogP contribution >= 0.6 is 0 Å². The van der Waals surface area contributed by atoms with Crippen LogP contribution in [0.25, 0.3) is 11.0 Å². The van der Waals surface area contributed by atoms with Gasteiger partial charge in [0.1, 0.15) is 12.9 Å². The van der Waals surface area contributed by atoms with Crippen molar-refractivity contribution in [3.05, 3.63) is 77.3 Å². The van der Waals surface area contributed by atoms with Crippen molar-refractivity contribution in [1.29, 1.82) is 5.41 Å². The Bertz CT molecular complexity index is 1500. The summed E-state index contributed by atoms with van der Waals surface area (Å²) < 4.78 is 53.0. The Labute approximate surface area is 217 Å². The van der Waals surface area contributed by atoms with E-state index in [2.05, 4.69) is 10.3 Å². The van der Waals surface area contributed by atoms with Gasteiger partial charge in [0.25, 0.3) is 5.68 Å². The maximum absolute atomic E-state index is 13.6. The molecule has 0 fully saturated rings. The molecule has 4 rings (SSSR count). The fourth-order valence-electron chi connectivity index (χ4n) is 4.10. The molecular formula is C27H30F3N5O3. The van der Waals surface area contributed by atoms with Gasteiger partial charge < -0.3 is 19.5 Å². The van der Waals surface area contributed by atoms with Crippen molar-refractivity contribution in [2.24, 2.45) is 5.41 Å². The van der Waals surface area contributed by atoms with E-state index in [4.69, 9.17) is 19.5 Å². The largest absolute Gasteiger partial charge is 0.462 e. The highest BCUT2D eigenvalue weighted by molar-refractivity contribution is 5.81. The standard InChI is InChI=1S/C27H30F3N5O3/c1-5-26(16-38-22(36)25(2,3)4,18-9-7-10-19(14-18)27(28,29)30)34-24-32-20-11-6-8-17(21(20)33-24)15-35-12-13-37-23(35)31/h6-14,31H,5,15-16H2,1-4H3,(H2,32,33,34). The number of H-pyrrole nitrogens is 1. The van der Waals surface area contributed by atoms with Crippen LogP contribution in [0.5, 0.6) is 0 Å². The van der Waals surface area contributed by atoms with Gasteiger partial charge in [-0.25, -0.2) is 4.98 Å². The number of benzene rings is 2. The number of para-hydroxylation sites is 1. The molecule has 11 heteroatoms. The lowest BCUT2D eigenvalue weighted by Gasteiger charge is -2.35. The number of imidazole rings is 1. The Hall–Kier alpha value is -4.02. The molecule has 0 aliphatic carbocycles. The molecule has 0 aliphatic heterocycles. The molecule has 0 spiro atoms.